The molecule has 14 heteroatoms. The zero-order chi connectivity index (χ0) is 22.8. The number of rotatable bonds is 6. The SMILES string of the molecule is CC1=NN(c2ccccc2)CC(=NNc2cc([N+](=O)[O-])cc(O[S+](=O)(O)O)c2[O-])C1=O. The number of Topliss-reactive ketones (excluding diaryl/α,β-unsaturated/α-hetero) is 1. The lowest BCUT2D eigenvalue weighted by atomic mass is 10.1. The summed E-state index contributed by atoms with van der Waals surface area (Å²) >= 11 is 0. The molecule has 0 saturated carbocycles. The summed E-state index contributed by atoms with van der Waals surface area (Å²) in [5.41, 5.74) is 1.83. The molecule has 162 valence electrons. The number of hydrogen-bond donors (Lipinski definition) is 3. The van der Waals surface area contributed by atoms with E-state index in [1.807, 2.05) is 0 Å². The van der Waals surface area contributed by atoms with Gasteiger partial charge in [0.1, 0.15) is 11.4 Å². The summed E-state index contributed by atoms with van der Waals surface area (Å²) in [6.45, 7) is 1.42. The number of nitro groups is 1. The van der Waals surface area contributed by atoms with E-state index in [4.69, 9.17) is 9.11 Å². The Kier molecular flexibility index (Phi) is 5.96. The minimum Gasteiger partial charge on any atom is -0.868 e. The number of carbonyl (C=O) groups excluding carboxylic acids is 1. The van der Waals surface area contributed by atoms with Crippen LogP contribution >= 0.6 is 0 Å². The Hall–Kier alpha value is -3.88. The summed E-state index contributed by atoms with van der Waals surface area (Å²) in [7, 11) is -4.86. The van der Waals surface area contributed by atoms with Gasteiger partial charge in [-0.15, -0.1) is 9.11 Å². The average Bonchev–Trinajstić information content (AvgIpc) is 2.70. The minimum absolute atomic E-state index is 0.0437. The van der Waals surface area contributed by atoms with Gasteiger partial charge in [0.05, 0.1) is 28.9 Å². The lowest BCUT2D eigenvalue weighted by Crippen LogP contribution is -2.40. The van der Waals surface area contributed by atoms with Gasteiger partial charge in [0.25, 0.3) is 5.69 Å². The Balaban J connectivity index is 1.94. The Labute approximate surface area is 176 Å². The summed E-state index contributed by atoms with van der Waals surface area (Å²) in [5.74, 6) is -2.56. The van der Waals surface area contributed by atoms with Gasteiger partial charge in [0.15, 0.2) is 5.75 Å². The molecule has 0 atom stereocenters. The Morgan fingerprint density at radius 3 is 2.58 bits per heavy atom. The standard InChI is InChI=1S/C17H15N5O8S/c1-10-16(23)14(9-21(20-10)11-5-3-2-4-6-11)19-18-13-7-12(22(25)26)8-15(17(13)24)30-31(27,28)29/h2-8H,9H2,1H3,(H3-,18,19,20,23,24,27,28,29). The number of benzene rings is 2. The van der Waals surface area contributed by atoms with Crippen LogP contribution in [0, 0.1) is 10.1 Å². The van der Waals surface area contributed by atoms with Crippen molar-refractivity contribution in [3.63, 3.8) is 0 Å². The number of carbonyl (C=O) groups is 1. The van der Waals surface area contributed by atoms with Crippen molar-refractivity contribution in [3.8, 4) is 11.5 Å². The summed E-state index contributed by atoms with van der Waals surface area (Å²) in [4.78, 5) is 22.6. The van der Waals surface area contributed by atoms with Crippen molar-refractivity contribution >= 4 is 45.0 Å². The van der Waals surface area contributed by atoms with Gasteiger partial charge < -0.3 is 5.11 Å². The highest BCUT2D eigenvalue weighted by molar-refractivity contribution is 7.87. The zero-order valence-electron chi connectivity index (χ0n) is 15.8. The maximum Gasteiger partial charge on any atom is 0.552 e. The van der Waals surface area contributed by atoms with Gasteiger partial charge in [0.2, 0.25) is 5.78 Å². The van der Waals surface area contributed by atoms with Crippen molar-refractivity contribution in [2.75, 3.05) is 17.0 Å². The van der Waals surface area contributed by atoms with E-state index in [-0.39, 0.29) is 18.0 Å². The summed E-state index contributed by atoms with van der Waals surface area (Å²) in [6, 6.07) is 10.3. The second-order valence-electron chi connectivity index (χ2n) is 6.19. The van der Waals surface area contributed by atoms with Crippen LogP contribution in [-0.2, 0) is 19.8 Å². The molecular formula is C17H15N5O8S. The average molecular weight is 449 g/mol. The van der Waals surface area contributed by atoms with Crippen molar-refractivity contribution in [2.24, 2.45) is 10.2 Å². The first-order chi connectivity index (χ1) is 14.5. The van der Waals surface area contributed by atoms with Gasteiger partial charge in [-0.3, -0.25) is 25.3 Å². The van der Waals surface area contributed by atoms with Crippen molar-refractivity contribution in [2.45, 2.75) is 6.92 Å². The molecule has 31 heavy (non-hydrogen) atoms. The van der Waals surface area contributed by atoms with Gasteiger partial charge in [-0.2, -0.15) is 10.2 Å². The van der Waals surface area contributed by atoms with Crippen molar-refractivity contribution < 1.29 is 32.3 Å². The molecule has 3 rings (SSSR count). The summed E-state index contributed by atoms with van der Waals surface area (Å²) in [6.07, 6.45) is 0. The van der Waals surface area contributed by atoms with Crippen LogP contribution in [0.3, 0.4) is 0 Å². The van der Waals surface area contributed by atoms with Crippen LogP contribution in [0.25, 0.3) is 0 Å². The molecular weight excluding hydrogens is 434 g/mol. The monoisotopic (exact) mass is 449 g/mol. The van der Waals surface area contributed by atoms with Crippen LogP contribution in [0.15, 0.2) is 52.7 Å². The molecule has 1 heterocycles. The van der Waals surface area contributed by atoms with E-state index in [1.54, 1.807) is 30.3 Å². The molecule has 1 aliphatic heterocycles. The third-order valence-corrected chi connectivity index (χ3v) is 4.37. The van der Waals surface area contributed by atoms with Gasteiger partial charge in [0, 0.05) is 10.3 Å². The minimum atomic E-state index is -4.86. The van der Waals surface area contributed by atoms with E-state index in [1.165, 1.54) is 11.9 Å². The molecule has 13 nitrogen and oxygen atoms in total. The molecule has 2 aromatic rings. The second-order valence-corrected chi connectivity index (χ2v) is 7.25. The lowest BCUT2D eigenvalue weighted by molar-refractivity contribution is -0.385. The molecule has 0 aromatic heterocycles. The van der Waals surface area contributed by atoms with E-state index in [2.05, 4.69) is 19.8 Å². The molecule has 0 amide bonds. The molecule has 0 spiro atoms. The third kappa shape index (κ3) is 5.19. The fourth-order valence-electron chi connectivity index (χ4n) is 2.60. The van der Waals surface area contributed by atoms with E-state index < -0.39 is 44.4 Å². The van der Waals surface area contributed by atoms with E-state index in [0.29, 0.717) is 11.8 Å². The van der Waals surface area contributed by atoms with Gasteiger partial charge in [-0.1, -0.05) is 18.2 Å². The molecule has 0 unspecified atom stereocenters. The predicted octanol–water partition coefficient (Wildman–Crippen LogP) is 1.64. The first-order valence-corrected chi connectivity index (χ1v) is 9.88. The number of nitrogens with one attached hydrogen (secondary N) is 1. The fourth-order valence-corrected chi connectivity index (χ4v) is 2.96. The summed E-state index contributed by atoms with van der Waals surface area (Å²) in [5, 5.41) is 33.0. The van der Waals surface area contributed by atoms with Crippen LogP contribution in [0.2, 0.25) is 0 Å². The van der Waals surface area contributed by atoms with E-state index >= 15 is 0 Å². The predicted molar refractivity (Wildman–Crippen MR) is 109 cm³/mol. The Morgan fingerprint density at radius 1 is 1.29 bits per heavy atom. The number of hydrogen-bond acceptors (Lipinski definition) is 10. The maximum atomic E-state index is 12.4. The van der Waals surface area contributed by atoms with Gasteiger partial charge in [-0.05, 0) is 24.8 Å². The molecule has 0 aliphatic carbocycles. The Bertz CT molecular complexity index is 1140. The number of hydrazone groups is 2. The lowest BCUT2D eigenvalue weighted by Gasteiger charge is -2.24. The van der Waals surface area contributed by atoms with Crippen LogP contribution in [0.4, 0.5) is 17.1 Å². The number of para-hydroxylation sites is 1. The van der Waals surface area contributed by atoms with Crippen LogP contribution < -0.4 is 19.7 Å². The molecule has 0 radical (unpaired) electrons. The van der Waals surface area contributed by atoms with Crippen molar-refractivity contribution in [1.29, 1.82) is 0 Å². The number of nitrogens with zero attached hydrogens (tertiary/aromatic N) is 4. The largest absolute Gasteiger partial charge is 0.868 e. The molecule has 3 N–H and O–H groups in total. The van der Waals surface area contributed by atoms with E-state index in [9.17, 15) is 24.2 Å². The highest BCUT2D eigenvalue weighted by Gasteiger charge is 2.28. The van der Waals surface area contributed by atoms with E-state index in [0.717, 1.165) is 6.07 Å². The smallest absolute Gasteiger partial charge is 0.552 e. The number of ketones is 1. The van der Waals surface area contributed by atoms with Gasteiger partial charge >= 0.3 is 10.8 Å². The van der Waals surface area contributed by atoms with Crippen LogP contribution in [0.1, 0.15) is 6.92 Å². The normalized spacial score (nSPS) is 15.6. The van der Waals surface area contributed by atoms with Crippen LogP contribution in [-0.4, -0.2) is 37.8 Å². The molecule has 1 aliphatic rings. The molecule has 0 bridgehead atoms. The zero-order valence-corrected chi connectivity index (χ0v) is 16.6. The number of anilines is 2. The van der Waals surface area contributed by atoms with Crippen LogP contribution in [0.5, 0.6) is 11.5 Å². The van der Waals surface area contributed by atoms with Gasteiger partial charge in [-0.25, -0.2) is 4.18 Å². The molecule has 2 aromatic carbocycles. The quantitative estimate of drug-likeness (QED) is 0.332. The summed E-state index contributed by atoms with van der Waals surface area (Å²) < 4.78 is 33.0. The topological polar surface area (TPSA) is 190 Å². The second kappa shape index (κ2) is 8.47. The third-order valence-electron chi connectivity index (χ3n) is 3.98. The highest BCUT2D eigenvalue weighted by atomic mass is 32.3. The first-order valence-electron chi connectivity index (χ1n) is 8.48. The maximum absolute atomic E-state index is 12.4. The number of nitro benzene ring substituents is 1. The molecule has 0 fully saturated rings. The fraction of sp³-hybridized carbons (Fsp3) is 0.118. The Morgan fingerprint density at radius 2 is 1.97 bits per heavy atom. The van der Waals surface area contributed by atoms with Crippen molar-refractivity contribution in [1.82, 2.24) is 0 Å². The van der Waals surface area contributed by atoms with Crippen molar-refractivity contribution in [3.05, 3.63) is 52.6 Å². The highest BCUT2D eigenvalue weighted by Crippen LogP contribution is 2.37. The molecule has 0 saturated heterocycles. The number of non-ortho nitro benzene ring substituents is 1. The first kappa shape index (κ1) is 21.8.